The van der Waals surface area contributed by atoms with Crippen LogP contribution >= 0.6 is 0 Å². The van der Waals surface area contributed by atoms with Gasteiger partial charge in [0, 0.05) is 18.3 Å². The Bertz CT molecular complexity index is 423. The van der Waals surface area contributed by atoms with Gasteiger partial charge in [-0.2, -0.15) is 0 Å². The normalized spacial score (nSPS) is 11.6. The number of aromatic nitrogens is 2. The second-order valence-corrected chi connectivity index (χ2v) is 7.27. The van der Waals surface area contributed by atoms with Crippen LogP contribution in [0.2, 0.25) is 0 Å². The summed E-state index contributed by atoms with van der Waals surface area (Å²) >= 11 is 0. The van der Waals surface area contributed by atoms with Gasteiger partial charge in [0.1, 0.15) is 5.82 Å². The maximum atomic E-state index is 5.54. The summed E-state index contributed by atoms with van der Waals surface area (Å²) in [5.41, 5.74) is 6.67. The Kier molecular flexibility index (Phi) is 14.4. The molecule has 0 spiro atoms. The zero-order valence-corrected chi connectivity index (χ0v) is 16.6. The standard InChI is InChI=1S/C22H41N3/c1-2-3-4-5-6-7-8-9-10-11-12-13-14-15-16-17-22-24-20-21(25-22)18-19-23/h16-17,20H,2-15,18-19,23H2,1H3,(H,24,25). The van der Waals surface area contributed by atoms with Crippen molar-refractivity contribution in [3.05, 3.63) is 23.8 Å². The highest BCUT2D eigenvalue weighted by Gasteiger charge is 1.96. The second kappa shape index (κ2) is 16.4. The van der Waals surface area contributed by atoms with Crippen molar-refractivity contribution in [3.63, 3.8) is 0 Å². The number of imidazole rings is 1. The quantitative estimate of drug-likeness (QED) is 0.320. The van der Waals surface area contributed by atoms with Crippen LogP contribution in [0.1, 0.15) is 108 Å². The molecule has 0 aliphatic carbocycles. The molecule has 1 rings (SSSR count). The molecule has 0 saturated heterocycles. The van der Waals surface area contributed by atoms with Crippen LogP contribution in [0, 0.1) is 0 Å². The molecule has 1 aromatic heterocycles. The van der Waals surface area contributed by atoms with Crippen molar-refractivity contribution in [1.82, 2.24) is 9.97 Å². The van der Waals surface area contributed by atoms with E-state index in [0.717, 1.165) is 24.4 Å². The lowest BCUT2D eigenvalue weighted by atomic mass is 10.0. The number of unbranched alkanes of at least 4 members (excludes halogenated alkanes) is 13. The van der Waals surface area contributed by atoms with Crippen molar-refractivity contribution < 1.29 is 0 Å². The number of hydrogen-bond donors (Lipinski definition) is 2. The van der Waals surface area contributed by atoms with Crippen LogP contribution in [0.5, 0.6) is 0 Å². The highest BCUT2D eigenvalue weighted by atomic mass is 14.9. The molecule has 25 heavy (non-hydrogen) atoms. The Balaban J connectivity index is 1.83. The van der Waals surface area contributed by atoms with Crippen LogP contribution in [-0.2, 0) is 6.42 Å². The number of H-pyrrole nitrogens is 1. The third-order valence-corrected chi connectivity index (χ3v) is 4.81. The molecule has 3 nitrogen and oxygen atoms in total. The van der Waals surface area contributed by atoms with Crippen LogP contribution in [0.25, 0.3) is 6.08 Å². The second-order valence-electron chi connectivity index (χ2n) is 7.27. The molecule has 0 aliphatic rings. The van der Waals surface area contributed by atoms with Gasteiger partial charge >= 0.3 is 0 Å². The van der Waals surface area contributed by atoms with E-state index in [9.17, 15) is 0 Å². The third-order valence-electron chi connectivity index (χ3n) is 4.81. The molecule has 0 bridgehead atoms. The number of hydrogen-bond acceptors (Lipinski definition) is 2. The SMILES string of the molecule is CCCCCCCCCCCCCCCC=Cc1ncc(CCN)[nH]1. The molecule has 3 heteroatoms. The lowest BCUT2D eigenvalue weighted by molar-refractivity contribution is 0.540. The van der Waals surface area contributed by atoms with Crippen LogP contribution in [0.3, 0.4) is 0 Å². The molecule has 1 heterocycles. The fourth-order valence-corrected chi connectivity index (χ4v) is 3.22. The molecule has 0 radical (unpaired) electrons. The smallest absolute Gasteiger partial charge is 0.129 e. The average Bonchev–Trinajstić information content (AvgIpc) is 3.06. The van der Waals surface area contributed by atoms with E-state index in [1.54, 1.807) is 0 Å². The summed E-state index contributed by atoms with van der Waals surface area (Å²) in [6, 6.07) is 0. The van der Waals surface area contributed by atoms with Gasteiger partial charge in [-0.25, -0.2) is 4.98 Å². The minimum atomic E-state index is 0.671. The molecule has 144 valence electrons. The molecule has 3 N–H and O–H groups in total. The fraction of sp³-hybridized carbons (Fsp3) is 0.773. The number of aromatic amines is 1. The summed E-state index contributed by atoms with van der Waals surface area (Å²) in [4.78, 5) is 7.63. The molecule has 0 unspecified atom stereocenters. The molecule has 0 aliphatic heterocycles. The maximum Gasteiger partial charge on any atom is 0.129 e. The zero-order chi connectivity index (χ0) is 18.0. The lowest BCUT2D eigenvalue weighted by Gasteiger charge is -2.02. The Morgan fingerprint density at radius 3 is 2.00 bits per heavy atom. The zero-order valence-electron chi connectivity index (χ0n) is 16.6. The van der Waals surface area contributed by atoms with Crippen LogP contribution in [-0.4, -0.2) is 16.5 Å². The van der Waals surface area contributed by atoms with Crippen molar-refractivity contribution in [3.8, 4) is 0 Å². The van der Waals surface area contributed by atoms with Crippen molar-refractivity contribution in [1.29, 1.82) is 0 Å². The predicted octanol–water partition coefficient (Wildman–Crippen LogP) is 6.41. The van der Waals surface area contributed by atoms with Gasteiger partial charge < -0.3 is 10.7 Å². The first kappa shape index (κ1) is 22.0. The maximum absolute atomic E-state index is 5.54. The molecular weight excluding hydrogens is 306 g/mol. The van der Waals surface area contributed by atoms with Gasteiger partial charge in [0.2, 0.25) is 0 Å². The number of nitrogens with zero attached hydrogens (tertiary/aromatic N) is 1. The van der Waals surface area contributed by atoms with Gasteiger partial charge in [-0.15, -0.1) is 0 Å². The number of nitrogens with two attached hydrogens (primary N) is 1. The average molecular weight is 348 g/mol. The Hall–Kier alpha value is -1.09. The first-order valence-corrected chi connectivity index (χ1v) is 10.8. The van der Waals surface area contributed by atoms with E-state index in [1.165, 1.54) is 83.5 Å². The summed E-state index contributed by atoms with van der Waals surface area (Å²) in [5, 5.41) is 0. The lowest BCUT2D eigenvalue weighted by Crippen LogP contribution is -2.02. The predicted molar refractivity (Wildman–Crippen MR) is 111 cm³/mol. The molecule has 0 fully saturated rings. The first-order chi connectivity index (χ1) is 12.4. The van der Waals surface area contributed by atoms with E-state index >= 15 is 0 Å². The van der Waals surface area contributed by atoms with Crippen LogP contribution in [0.15, 0.2) is 12.3 Å². The molecule has 0 atom stereocenters. The van der Waals surface area contributed by atoms with E-state index in [2.05, 4.69) is 29.0 Å². The van der Waals surface area contributed by atoms with Crippen molar-refractivity contribution in [2.45, 2.75) is 103 Å². The highest BCUT2D eigenvalue weighted by molar-refractivity contribution is 5.39. The Morgan fingerprint density at radius 1 is 0.880 bits per heavy atom. The summed E-state index contributed by atoms with van der Waals surface area (Å²) in [7, 11) is 0. The number of nitrogens with one attached hydrogen (secondary N) is 1. The largest absolute Gasteiger partial charge is 0.342 e. The summed E-state index contributed by atoms with van der Waals surface area (Å²) in [5.74, 6) is 0.957. The summed E-state index contributed by atoms with van der Waals surface area (Å²) < 4.78 is 0. The first-order valence-electron chi connectivity index (χ1n) is 10.8. The number of rotatable bonds is 17. The van der Waals surface area contributed by atoms with Crippen molar-refractivity contribution in [2.75, 3.05) is 6.54 Å². The van der Waals surface area contributed by atoms with Gasteiger partial charge in [0.25, 0.3) is 0 Å². The van der Waals surface area contributed by atoms with Crippen molar-refractivity contribution >= 4 is 6.08 Å². The summed E-state index contributed by atoms with van der Waals surface area (Å²) in [6.45, 7) is 2.96. The van der Waals surface area contributed by atoms with Crippen LogP contribution in [0.4, 0.5) is 0 Å². The monoisotopic (exact) mass is 347 g/mol. The molecular formula is C22H41N3. The fourth-order valence-electron chi connectivity index (χ4n) is 3.22. The van der Waals surface area contributed by atoms with Gasteiger partial charge in [0.05, 0.1) is 0 Å². The topological polar surface area (TPSA) is 54.7 Å². The van der Waals surface area contributed by atoms with E-state index in [-0.39, 0.29) is 0 Å². The van der Waals surface area contributed by atoms with Crippen LogP contribution < -0.4 is 5.73 Å². The molecule has 0 aromatic carbocycles. The third kappa shape index (κ3) is 12.9. The van der Waals surface area contributed by atoms with Gasteiger partial charge in [0.15, 0.2) is 0 Å². The highest BCUT2D eigenvalue weighted by Crippen LogP contribution is 2.13. The minimum absolute atomic E-state index is 0.671. The van der Waals surface area contributed by atoms with Gasteiger partial charge in [-0.1, -0.05) is 90.0 Å². The van der Waals surface area contributed by atoms with Gasteiger partial charge in [-0.05, 0) is 25.5 Å². The Morgan fingerprint density at radius 2 is 1.44 bits per heavy atom. The van der Waals surface area contributed by atoms with Crippen molar-refractivity contribution in [2.24, 2.45) is 5.73 Å². The summed E-state index contributed by atoms with van der Waals surface area (Å²) in [6.07, 6.45) is 26.6. The van der Waals surface area contributed by atoms with E-state index in [4.69, 9.17) is 5.73 Å². The van der Waals surface area contributed by atoms with E-state index in [1.807, 2.05) is 6.20 Å². The van der Waals surface area contributed by atoms with E-state index in [0.29, 0.717) is 6.54 Å². The molecule has 0 saturated carbocycles. The minimum Gasteiger partial charge on any atom is -0.342 e. The Labute approximate surface area is 155 Å². The van der Waals surface area contributed by atoms with Gasteiger partial charge in [-0.3, -0.25) is 0 Å². The molecule has 0 amide bonds. The number of allylic oxidation sites excluding steroid dienone is 1. The van der Waals surface area contributed by atoms with E-state index < -0.39 is 0 Å². The molecule has 1 aromatic rings.